The number of carbonyl (C=O) groups is 1. The van der Waals surface area contributed by atoms with Crippen LogP contribution in [-0.2, 0) is 11.3 Å². The summed E-state index contributed by atoms with van der Waals surface area (Å²) < 4.78 is 10.8. The quantitative estimate of drug-likeness (QED) is 0.682. The first-order valence-corrected chi connectivity index (χ1v) is 7.36. The molecule has 1 aromatic heterocycles. The number of esters is 1. The molecule has 3 rings (SSSR count). The van der Waals surface area contributed by atoms with E-state index in [4.69, 9.17) is 14.4 Å². The second-order valence-corrected chi connectivity index (χ2v) is 5.17. The van der Waals surface area contributed by atoms with E-state index >= 15 is 0 Å². The van der Waals surface area contributed by atoms with Crippen molar-refractivity contribution in [3.8, 4) is 17.5 Å². The highest BCUT2D eigenvalue weighted by molar-refractivity contribution is 5.88. The molecule has 0 fully saturated rings. The zero-order valence-corrected chi connectivity index (χ0v) is 13.0. The van der Waals surface area contributed by atoms with Crippen LogP contribution in [0, 0.1) is 18.3 Å². The summed E-state index contributed by atoms with van der Waals surface area (Å²) in [7, 11) is 0. The van der Waals surface area contributed by atoms with Crippen molar-refractivity contribution < 1.29 is 13.9 Å². The second kappa shape index (κ2) is 6.80. The summed E-state index contributed by atoms with van der Waals surface area (Å²) in [6.07, 6.45) is 0. The van der Waals surface area contributed by atoms with Crippen molar-refractivity contribution in [2.24, 2.45) is 0 Å². The molecule has 24 heavy (non-hydrogen) atoms. The fourth-order valence-corrected chi connectivity index (χ4v) is 2.18. The molecule has 118 valence electrons. The number of benzene rings is 2. The molecule has 0 saturated heterocycles. The second-order valence-electron chi connectivity index (χ2n) is 5.17. The maximum Gasteiger partial charge on any atom is 0.360 e. The molecule has 0 saturated carbocycles. The minimum Gasteiger partial charge on any atom is -0.456 e. The van der Waals surface area contributed by atoms with E-state index in [1.165, 1.54) is 0 Å². The van der Waals surface area contributed by atoms with Crippen molar-refractivity contribution in [1.29, 1.82) is 5.26 Å². The van der Waals surface area contributed by atoms with Crippen LogP contribution in [0.1, 0.15) is 27.4 Å². The van der Waals surface area contributed by atoms with Crippen LogP contribution in [0.5, 0.6) is 0 Å². The molecule has 2 aromatic carbocycles. The Morgan fingerprint density at radius 3 is 2.54 bits per heavy atom. The van der Waals surface area contributed by atoms with Crippen LogP contribution in [0.4, 0.5) is 0 Å². The summed E-state index contributed by atoms with van der Waals surface area (Å²) in [5.41, 5.74) is 2.32. The van der Waals surface area contributed by atoms with E-state index in [-0.39, 0.29) is 12.3 Å². The number of nitriles is 1. The summed E-state index contributed by atoms with van der Waals surface area (Å²) in [5.74, 6) is 0.264. The van der Waals surface area contributed by atoms with Gasteiger partial charge in [-0.25, -0.2) is 9.78 Å². The topological polar surface area (TPSA) is 76.1 Å². The van der Waals surface area contributed by atoms with Gasteiger partial charge in [-0.05, 0) is 36.8 Å². The van der Waals surface area contributed by atoms with Gasteiger partial charge in [0.15, 0.2) is 5.69 Å². The smallest absolute Gasteiger partial charge is 0.360 e. The standard InChI is InChI=1S/C19H14N2O3/c1-13-17(21-18(24-13)16-5-3-2-4-6-16)19(22)23-12-15-9-7-14(11-20)8-10-15/h2-10H,12H2,1H3. The molecule has 5 nitrogen and oxygen atoms in total. The number of oxazole rings is 1. The van der Waals surface area contributed by atoms with E-state index in [9.17, 15) is 4.79 Å². The Kier molecular flexibility index (Phi) is 4.39. The Morgan fingerprint density at radius 2 is 1.88 bits per heavy atom. The maximum atomic E-state index is 12.2. The number of aromatic nitrogens is 1. The molecule has 5 heteroatoms. The van der Waals surface area contributed by atoms with Crippen LogP contribution in [-0.4, -0.2) is 11.0 Å². The van der Waals surface area contributed by atoms with Gasteiger partial charge in [0, 0.05) is 5.56 Å². The fourth-order valence-electron chi connectivity index (χ4n) is 2.18. The van der Waals surface area contributed by atoms with Gasteiger partial charge in [-0.15, -0.1) is 0 Å². The minimum atomic E-state index is -0.539. The average Bonchev–Trinajstić information content (AvgIpc) is 3.03. The third-order valence-corrected chi connectivity index (χ3v) is 3.46. The summed E-state index contributed by atoms with van der Waals surface area (Å²) in [6, 6.07) is 18.2. The lowest BCUT2D eigenvalue weighted by Crippen LogP contribution is -2.07. The predicted molar refractivity (Wildman–Crippen MR) is 87.0 cm³/mol. The fraction of sp³-hybridized carbons (Fsp3) is 0.105. The van der Waals surface area contributed by atoms with Crippen molar-refractivity contribution >= 4 is 5.97 Å². The van der Waals surface area contributed by atoms with E-state index in [2.05, 4.69) is 4.98 Å². The van der Waals surface area contributed by atoms with Crippen molar-refractivity contribution in [3.05, 3.63) is 77.2 Å². The first-order valence-electron chi connectivity index (χ1n) is 7.36. The predicted octanol–water partition coefficient (Wildman–Crippen LogP) is 3.88. The Bertz CT molecular complexity index is 891. The van der Waals surface area contributed by atoms with E-state index in [1.807, 2.05) is 36.4 Å². The van der Waals surface area contributed by atoms with Crippen molar-refractivity contribution in [2.45, 2.75) is 13.5 Å². The summed E-state index contributed by atoms with van der Waals surface area (Å²) in [6.45, 7) is 1.79. The number of rotatable bonds is 4. The number of carbonyl (C=O) groups excluding carboxylic acids is 1. The van der Waals surface area contributed by atoms with Crippen LogP contribution in [0.3, 0.4) is 0 Å². The number of hydrogen-bond donors (Lipinski definition) is 0. The Labute approximate surface area is 139 Å². The molecule has 0 bridgehead atoms. The van der Waals surface area contributed by atoms with Gasteiger partial charge >= 0.3 is 5.97 Å². The summed E-state index contributed by atoms with van der Waals surface area (Å²) in [4.78, 5) is 16.4. The zero-order chi connectivity index (χ0) is 16.9. The summed E-state index contributed by atoms with van der Waals surface area (Å²) >= 11 is 0. The SMILES string of the molecule is Cc1oc(-c2ccccc2)nc1C(=O)OCc1ccc(C#N)cc1. The van der Waals surface area contributed by atoms with Gasteiger partial charge in [0.1, 0.15) is 12.4 Å². The van der Waals surface area contributed by atoms with Crippen LogP contribution < -0.4 is 0 Å². The first kappa shape index (κ1) is 15.5. The molecule has 0 spiro atoms. The monoisotopic (exact) mass is 318 g/mol. The molecular formula is C19H14N2O3. The van der Waals surface area contributed by atoms with Crippen LogP contribution in [0.25, 0.3) is 11.5 Å². The molecule has 0 aliphatic rings. The molecule has 0 N–H and O–H groups in total. The van der Waals surface area contributed by atoms with Gasteiger partial charge in [0.25, 0.3) is 0 Å². The summed E-state index contributed by atoms with van der Waals surface area (Å²) in [5, 5.41) is 8.77. The zero-order valence-electron chi connectivity index (χ0n) is 13.0. The normalized spacial score (nSPS) is 10.2. The number of ether oxygens (including phenoxy) is 1. The molecule has 0 amide bonds. The van der Waals surface area contributed by atoms with Gasteiger partial charge in [0.2, 0.25) is 5.89 Å². The number of nitrogens with zero attached hydrogens (tertiary/aromatic N) is 2. The molecule has 1 heterocycles. The highest BCUT2D eigenvalue weighted by atomic mass is 16.5. The molecule has 0 aliphatic heterocycles. The van der Waals surface area contributed by atoms with Crippen LogP contribution >= 0.6 is 0 Å². The minimum absolute atomic E-state index is 0.109. The highest BCUT2D eigenvalue weighted by Gasteiger charge is 2.19. The van der Waals surface area contributed by atoms with Crippen molar-refractivity contribution in [1.82, 2.24) is 4.98 Å². The van der Waals surface area contributed by atoms with Gasteiger partial charge in [-0.2, -0.15) is 5.26 Å². The van der Waals surface area contributed by atoms with Gasteiger partial charge < -0.3 is 9.15 Å². The average molecular weight is 318 g/mol. The molecule has 0 radical (unpaired) electrons. The van der Waals surface area contributed by atoms with E-state index in [1.54, 1.807) is 31.2 Å². The van der Waals surface area contributed by atoms with Gasteiger partial charge in [-0.3, -0.25) is 0 Å². The van der Waals surface area contributed by atoms with Gasteiger partial charge in [-0.1, -0.05) is 30.3 Å². The Balaban J connectivity index is 1.71. The Morgan fingerprint density at radius 1 is 1.17 bits per heavy atom. The van der Waals surface area contributed by atoms with Crippen LogP contribution in [0.2, 0.25) is 0 Å². The molecule has 0 atom stereocenters. The number of aryl methyl sites for hydroxylation is 1. The maximum absolute atomic E-state index is 12.2. The third-order valence-electron chi connectivity index (χ3n) is 3.46. The first-order chi connectivity index (χ1) is 11.7. The Hall–Kier alpha value is -3.39. The molecule has 3 aromatic rings. The molecular weight excluding hydrogens is 304 g/mol. The van der Waals surface area contributed by atoms with Crippen molar-refractivity contribution in [3.63, 3.8) is 0 Å². The van der Waals surface area contributed by atoms with E-state index < -0.39 is 5.97 Å². The highest BCUT2D eigenvalue weighted by Crippen LogP contribution is 2.22. The molecule has 0 aliphatic carbocycles. The lowest BCUT2D eigenvalue weighted by atomic mass is 10.2. The lowest BCUT2D eigenvalue weighted by Gasteiger charge is -2.03. The lowest BCUT2D eigenvalue weighted by molar-refractivity contribution is 0.0464. The molecule has 0 unspecified atom stereocenters. The third kappa shape index (κ3) is 3.33. The van der Waals surface area contributed by atoms with Crippen molar-refractivity contribution in [2.75, 3.05) is 0 Å². The van der Waals surface area contributed by atoms with Crippen LogP contribution in [0.15, 0.2) is 59.0 Å². The van der Waals surface area contributed by atoms with E-state index in [0.717, 1.165) is 11.1 Å². The van der Waals surface area contributed by atoms with Gasteiger partial charge in [0.05, 0.1) is 11.6 Å². The van der Waals surface area contributed by atoms with E-state index in [0.29, 0.717) is 17.2 Å². The largest absolute Gasteiger partial charge is 0.456 e. The number of hydrogen-bond acceptors (Lipinski definition) is 5.